The first kappa shape index (κ1) is 17.1. The molecule has 1 fully saturated rings. The number of nitrogens with zero attached hydrogens (tertiary/aromatic N) is 3. The van der Waals surface area contributed by atoms with E-state index in [4.69, 9.17) is 0 Å². The van der Waals surface area contributed by atoms with Gasteiger partial charge in [-0.15, -0.1) is 0 Å². The molecule has 2 aromatic rings. The summed E-state index contributed by atoms with van der Waals surface area (Å²) >= 11 is 0. The van der Waals surface area contributed by atoms with E-state index in [1.54, 1.807) is 6.33 Å². The Morgan fingerprint density at radius 2 is 1.92 bits per heavy atom. The Hall–Kier alpha value is -1.77. The normalized spacial score (nSPS) is 15.7. The molecule has 0 radical (unpaired) electrons. The van der Waals surface area contributed by atoms with Gasteiger partial charge in [0, 0.05) is 32.1 Å². The molecule has 24 heavy (non-hydrogen) atoms. The summed E-state index contributed by atoms with van der Waals surface area (Å²) < 4.78 is 27.4. The van der Waals surface area contributed by atoms with Gasteiger partial charge in [0.15, 0.2) is 0 Å². The zero-order valence-electron chi connectivity index (χ0n) is 14.2. The number of anilines is 1. The fraction of sp³-hybridized carbons (Fsp3) is 0.500. The number of aryl methyl sites for hydroxylation is 2. The van der Waals surface area contributed by atoms with E-state index in [0.29, 0.717) is 12.5 Å². The second-order valence-electron chi connectivity index (χ2n) is 6.31. The van der Waals surface area contributed by atoms with Crippen LogP contribution in [0.25, 0.3) is 10.9 Å². The van der Waals surface area contributed by atoms with Gasteiger partial charge in [-0.05, 0) is 49.4 Å². The molecule has 8 heteroatoms. The van der Waals surface area contributed by atoms with Crippen molar-refractivity contribution in [2.75, 3.05) is 31.6 Å². The molecule has 1 aromatic heterocycles. The molecular weight excluding hydrogens is 326 g/mol. The van der Waals surface area contributed by atoms with Gasteiger partial charge in [0.05, 0.1) is 5.52 Å². The monoisotopic (exact) mass is 349 g/mol. The maximum absolute atomic E-state index is 11.3. The number of hydrogen-bond acceptors (Lipinski definition) is 5. The summed E-state index contributed by atoms with van der Waals surface area (Å²) in [6, 6.07) is 4.24. The average molecular weight is 349 g/mol. The van der Waals surface area contributed by atoms with Crippen LogP contribution in [0.5, 0.6) is 0 Å². The van der Waals surface area contributed by atoms with Gasteiger partial charge < -0.3 is 4.90 Å². The van der Waals surface area contributed by atoms with Gasteiger partial charge in [0.1, 0.15) is 12.1 Å². The molecular formula is C16H23N5O2S. The molecule has 0 saturated carbocycles. The van der Waals surface area contributed by atoms with E-state index in [-0.39, 0.29) is 0 Å². The molecule has 130 valence electrons. The summed E-state index contributed by atoms with van der Waals surface area (Å²) in [5.74, 6) is 1.44. The molecule has 0 bridgehead atoms. The zero-order chi connectivity index (χ0) is 17.3. The molecule has 2 heterocycles. The van der Waals surface area contributed by atoms with Crippen molar-refractivity contribution in [1.82, 2.24) is 19.4 Å². The molecule has 1 aliphatic rings. The number of hydrogen-bond donors (Lipinski definition) is 2. The van der Waals surface area contributed by atoms with Gasteiger partial charge >= 0.3 is 0 Å². The molecule has 7 nitrogen and oxygen atoms in total. The predicted molar refractivity (Wildman–Crippen MR) is 95.3 cm³/mol. The van der Waals surface area contributed by atoms with Crippen LogP contribution < -0.4 is 14.3 Å². The number of rotatable bonds is 6. The van der Waals surface area contributed by atoms with Crippen molar-refractivity contribution in [3.8, 4) is 0 Å². The first-order valence-corrected chi connectivity index (χ1v) is 9.53. The first-order valence-electron chi connectivity index (χ1n) is 8.04. The average Bonchev–Trinajstić information content (AvgIpc) is 2.50. The quantitative estimate of drug-likeness (QED) is 0.816. The van der Waals surface area contributed by atoms with E-state index >= 15 is 0 Å². The van der Waals surface area contributed by atoms with E-state index in [1.165, 1.54) is 18.2 Å². The topological polar surface area (TPSA) is 87.2 Å². The molecule has 0 unspecified atom stereocenters. The molecule has 0 spiro atoms. The Labute approximate surface area is 142 Å². The van der Waals surface area contributed by atoms with Crippen LogP contribution in [0.3, 0.4) is 0 Å². The number of nitrogens with one attached hydrogen (secondary N) is 2. The Morgan fingerprint density at radius 3 is 2.62 bits per heavy atom. The van der Waals surface area contributed by atoms with Crippen molar-refractivity contribution in [3.05, 3.63) is 29.6 Å². The highest BCUT2D eigenvalue weighted by Gasteiger charge is 2.29. The Morgan fingerprint density at radius 1 is 1.21 bits per heavy atom. The summed E-state index contributed by atoms with van der Waals surface area (Å²) in [4.78, 5) is 11.1. The van der Waals surface area contributed by atoms with Gasteiger partial charge in [-0.25, -0.2) is 19.4 Å². The van der Waals surface area contributed by atoms with Crippen molar-refractivity contribution in [2.24, 2.45) is 5.92 Å². The minimum atomic E-state index is -3.34. The number of aromatic nitrogens is 2. The molecule has 1 saturated heterocycles. The van der Waals surface area contributed by atoms with Crippen molar-refractivity contribution in [2.45, 2.75) is 20.3 Å². The van der Waals surface area contributed by atoms with Gasteiger partial charge in [-0.2, -0.15) is 8.42 Å². The van der Waals surface area contributed by atoms with Crippen molar-refractivity contribution in [1.29, 1.82) is 0 Å². The number of fused-ring (bicyclic) bond motifs is 1. The maximum Gasteiger partial charge on any atom is 0.276 e. The van der Waals surface area contributed by atoms with Crippen molar-refractivity contribution in [3.63, 3.8) is 0 Å². The smallest absolute Gasteiger partial charge is 0.276 e. The fourth-order valence-corrected chi connectivity index (χ4v) is 3.48. The zero-order valence-corrected chi connectivity index (χ0v) is 15.0. The van der Waals surface area contributed by atoms with Gasteiger partial charge in [-0.1, -0.05) is 0 Å². The van der Waals surface area contributed by atoms with Gasteiger partial charge in [0.2, 0.25) is 0 Å². The van der Waals surface area contributed by atoms with Crippen LogP contribution in [0.15, 0.2) is 18.5 Å². The standard InChI is InChI=1S/C16H23N5O2S/c1-11-6-14-15(7-12(11)2)18-10-19-16(14)21-8-13(9-21)4-5-20-24(22,23)17-3/h6-7,10,13,17,20H,4-5,8-9H2,1-3H3. The van der Waals surface area contributed by atoms with E-state index in [0.717, 1.165) is 36.2 Å². The highest BCUT2D eigenvalue weighted by molar-refractivity contribution is 7.87. The van der Waals surface area contributed by atoms with Crippen molar-refractivity contribution >= 4 is 26.9 Å². The van der Waals surface area contributed by atoms with E-state index in [2.05, 4.69) is 50.3 Å². The van der Waals surface area contributed by atoms with Crippen LogP contribution in [0.2, 0.25) is 0 Å². The SMILES string of the molecule is CNS(=O)(=O)NCCC1CN(c2ncnc3cc(C)c(C)cc23)C1. The van der Waals surface area contributed by atoms with Crippen LogP contribution in [0, 0.1) is 19.8 Å². The molecule has 1 aliphatic heterocycles. The Kier molecular flexibility index (Phi) is 4.71. The third kappa shape index (κ3) is 3.50. The molecule has 1 aromatic carbocycles. The highest BCUT2D eigenvalue weighted by Crippen LogP contribution is 2.31. The van der Waals surface area contributed by atoms with E-state index < -0.39 is 10.2 Å². The Balaban J connectivity index is 1.64. The van der Waals surface area contributed by atoms with Crippen molar-refractivity contribution < 1.29 is 8.42 Å². The van der Waals surface area contributed by atoms with Crippen LogP contribution in [-0.4, -0.2) is 45.1 Å². The van der Waals surface area contributed by atoms with Gasteiger partial charge in [-0.3, -0.25) is 0 Å². The fourth-order valence-electron chi connectivity index (χ4n) is 2.95. The predicted octanol–water partition coefficient (Wildman–Crippen LogP) is 1.13. The highest BCUT2D eigenvalue weighted by atomic mass is 32.2. The van der Waals surface area contributed by atoms with E-state index in [1.807, 2.05) is 0 Å². The molecule has 3 rings (SSSR count). The van der Waals surface area contributed by atoms with Crippen LogP contribution in [0.4, 0.5) is 5.82 Å². The van der Waals surface area contributed by atoms with Gasteiger partial charge in [0.25, 0.3) is 10.2 Å². The second-order valence-corrected chi connectivity index (χ2v) is 8.02. The van der Waals surface area contributed by atoms with Crippen LogP contribution in [-0.2, 0) is 10.2 Å². The summed E-state index contributed by atoms with van der Waals surface area (Å²) in [6.45, 7) is 6.41. The summed E-state index contributed by atoms with van der Waals surface area (Å²) in [6.07, 6.45) is 2.43. The molecule has 0 atom stereocenters. The van der Waals surface area contributed by atoms with Crippen LogP contribution in [0.1, 0.15) is 17.5 Å². The summed E-state index contributed by atoms with van der Waals surface area (Å²) in [5, 5.41) is 1.08. The number of benzene rings is 1. The molecule has 0 aliphatic carbocycles. The minimum Gasteiger partial charge on any atom is -0.355 e. The van der Waals surface area contributed by atoms with Crippen LogP contribution >= 0.6 is 0 Å². The lowest BCUT2D eigenvalue weighted by Crippen LogP contribution is -2.48. The maximum atomic E-state index is 11.3. The van der Waals surface area contributed by atoms with E-state index in [9.17, 15) is 8.42 Å². The molecule has 2 N–H and O–H groups in total. The lowest BCUT2D eigenvalue weighted by Gasteiger charge is -2.40. The third-order valence-electron chi connectivity index (χ3n) is 4.60. The first-order chi connectivity index (χ1) is 11.4. The Bertz CT molecular complexity index is 847. The lowest BCUT2D eigenvalue weighted by molar-refractivity contribution is 0.382. The minimum absolute atomic E-state index is 0.449. The largest absolute Gasteiger partial charge is 0.355 e. The summed E-state index contributed by atoms with van der Waals surface area (Å²) in [5.41, 5.74) is 3.43. The lowest BCUT2D eigenvalue weighted by atomic mass is 9.95. The second kappa shape index (κ2) is 6.62. The molecule has 0 amide bonds. The summed E-state index contributed by atoms with van der Waals surface area (Å²) in [7, 11) is -1.94. The third-order valence-corrected chi connectivity index (χ3v) is 5.72.